The number of ether oxygens (including phenoxy) is 2. The Balaban J connectivity index is 1.60. The van der Waals surface area contributed by atoms with Gasteiger partial charge in [-0.15, -0.1) is 0 Å². The molecule has 1 saturated carbocycles. The van der Waals surface area contributed by atoms with Crippen LogP contribution in [0, 0.1) is 11.3 Å². The van der Waals surface area contributed by atoms with Crippen LogP contribution in [0.3, 0.4) is 0 Å². The number of nitrogens with one attached hydrogen (secondary N) is 1. The van der Waals surface area contributed by atoms with Gasteiger partial charge in [-0.1, -0.05) is 0 Å². The molecule has 1 spiro atoms. The number of esters is 1. The summed E-state index contributed by atoms with van der Waals surface area (Å²) in [6.45, 7) is 8.65. The molecule has 3 rings (SSSR count). The van der Waals surface area contributed by atoms with Gasteiger partial charge >= 0.3 is 18.2 Å². The Labute approximate surface area is 192 Å². The predicted octanol–water partition coefficient (Wildman–Crippen LogP) is 5.72. The number of anilines is 1. The minimum absolute atomic E-state index is 0.0693. The summed E-state index contributed by atoms with van der Waals surface area (Å²) in [5.74, 6) is -0.472. The molecule has 184 valence electrons. The second kappa shape index (κ2) is 9.06. The predicted molar refractivity (Wildman–Crippen MR) is 118 cm³/mol. The first kappa shape index (κ1) is 25.2. The van der Waals surface area contributed by atoms with Crippen molar-refractivity contribution in [3.63, 3.8) is 0 Å². The van der Waals surface area contributed by atoms with E-state index in [1.807, 2.05) is 27.7 Å². The second-order valence-corrected chi connectivity index (χ2v) is 10.3. The summed E-state index contributed by atoms with van der Waals surface area (Å²) >= 11 is 0. The lowest BCUT2D eigenvalue weighted by Gasteiger charge is -2.54. The van der Waals surface area contributed by atoms with Gasteiger partial charge < -0.3 is 19.7 Å². The summed E-state index contributed by atoms with van der Waals surface area (Å²) in [6.07, 6.45) is -1.33. The third-order valence-electron chi connectivity index (χ3n) is 6.70. The van der Waals surface area contributed by atoms with Gasteiger partial charge in [-0.25, -0.2) is 9.59 Å². The fraction of sp³-hybridized carbons (Fsp3) is 0.667. The molecule has 1 N–H and O–H groups in total. The van der Waals surface area contributed by atoms with E-state index in [2.05, 4.69) is 10.1 Å². The summed E-state index contributed by atoms with van der Waals surface area (Å²) in [5.41, 5.74) is -1.25. The smallest absolute Gasteiger partial charge is 0.418 e. The molecule has 2 aliphatic rings. The zero-order chi connectivity index (χ0) is 24.6. The maximum atomic E-state index is 13.5. The first-order chi connectivity index (χ1) is 15.2. The lowest BCUT2D eigenvalue weighted by atomic mass is 9.56. The highest BCUT2D eigenvalue weighted by Gasteiger charge is 2.48. The largest absolute Gasteiger partial charge is 0.465 e. The van der Waals surface area contributed by atoms with Crippen LogP contribution in [0.2, 0.25) is 0 Å². The number of carbonyl (C=O) groups is 2. The normalized spacial score (nSPS) is 19.6. The zero-order valence-electron chi connectivity index (χ0n) is 19.8. The highest BCUT2D eigenvalue weighted by atomic mass is 19.4. The van der Waals surface area contributed by atoms with E-state index in [4.69, 9.17) is 4.74 Å². The molecule has 9 heteroatoms. The Kier molecular flexibility index (Phi) is 6.92. The van der Waals surface area contributed by atoms with Crippen molar-refractivity contribution in [3.05, 3.63) is 29.3 Å². The molecular weight excluding hydrogens is 437 g/mol. The van der Waals surface area contributed by atoms with Gasteiger partial charge in [-0.2, -0.15) is 13.2 Å². The van der Waals surface area contributed by atoms with Crippen molar-refractivity contribution in [2.24, 2.45) is 11.3 Å². The van der Waals surface area contributed by atoms with Gasteiger partial charge in [0.15, 0.2) is 0 Å². The van der Waals surface area contributed by atoms with Crippen LogP contribution < -0.4 is 5.32 Å². The molecule has 0 radical (unpaired) electrons. The van der Waals surface area contributed by atoms with Gasteiger partial charge in [-0.05, 0) is 82.9 Å². The lowest BCUT2D eigenvalue weighted by Crippen LogP contribution is -2.52. The highest BCUT2D eigenvalue weighted by Crippen LogP contribution is 2.54. The van der Waals surface area contributed by atoms with E-state index in [0.29, 0.717) is 13.1 Å². The Bertz CT molecular complexity index is 879. The number of carbonyl (C=O) groups excluding carboxylic acids is 2. The van der Waals surface area contributed by atoms with Crippen LogP contribution in [-0.2, 0) is 15.7 Å². The quantitative estimate of drug-likeness (QED) is 0.570. The van der Waals surface area contributed by atoms with E-state index < -0.39 is 23.3 Å². The maximum absolute atomic E-state index is 13.5. The number of amides is 1. The average Bonchev–Trinajstić information content (AvgIpc) is 2.69. The first-order valence-corrected chi connectivity index (χ1v) is 11.3. The number of nitrogens with zero attached hydrogens (tertiary/aromatic N) is 1. The third-order valence-corrected chi connectivity index (χ3v) is 6.70. The van der Waals surface area contributed by atoms with Gasteiger partial charge in [0, 0.05) is 24.8 Å². The molecule has 1 aromatic carbocycles. The maximum Gasteiger partial charge on any atom is 0.418 e. The van der Waals surface area contributed by atoms with E-state index in [1.54, 1.807) is 4.90 Å². The zero-order valence-corrected chi connectivity index (χ0v) is 19.8. The Morgan fingerprint density at radius 3 is 2.27 bits per heavy atom. The lowest BCUT2D eigenvalue weighted by molar-refractivity contribution is -0.137. The van der Waals surface area contributed by atoms with Crippen LogP contribution in [0.15, 0.2) is 18.2 Å². The van der Waals surface area contributed by atoms with Crippen LogP contribution in [0.25, 0.3) is 0 Å². The van der Waals surface area contributed by atoms with Crippen molar-refractivity contribution in [2.45, 2.75) is 71.2 Å². The monoisotopic (exact) mass is 470 g/mol. The number of benzene rings is 1. The van der Waals surface area contributed by atoms with Crippen molar-refractivity contribution in [1.29, 1.82) is 0 Å². The summed E-state index contributed by atoms with van der Waals surface area (Å²) in [5, 5.41) is 3.00. The van der Waals surface area contributed by atoms with Gasteiger partial charge in [0.1, 0.15) is 5.60 Å². The van der Waals surface area contributed by atoms with Crippen molar-refractivity contribution in [3.8, 4) is 0 Å². The van der Waals surface area contributed by atoms with E-state index >= 15 is 0 Å². The van der Waals surface area contributed by atoms with Crippen molar-refractivity contribution in [2.75, 3.05) is 25.5 Å². The number of halogens is 3. The summed E-state index contributed by atoms with van der Waals surface area (Å²) in [6, 6.07) is 3.05. The molecule has 2 fully saturated rings. The van der Waals surface area contributed by atoms with Gasteiger partial charge in [0.05, 0.1) is 18.2 Å². The molecule has 1 heterocycles. The Hall–Kier alpha value is -2.45. The Morgan fingerprint density at radius 2 is 1.76 bits per heavy atom. The molecule has 33 heavy (non-hydrogen) atoms. The molecule has 1 amide bonds. The molecule has 1 aliphatic heterocycles. The van der Waals surface area contributed by atoms with E-state index in [9.17, 15) is 22.8 Å². The van der Waals surface area contributed by atoms with Crippen molar-refractivity contribution in [1.82, 2.24) is 4.90 Å². The van der Waals surface area contributed by atoms with E-state index in [0.717, 1.165) is 37.8 Å². The number of piperidine rings is 1. The second-order valence-electron chi connectivity index (χ2n) is 10.3. The van der Waals surface area contributed by atoms with Crippen LogP contribution in [-0.4, -0.2) is 48.8 Å². The number of rotatable bonds is 4. The fourth-order valence-electron chi connectivity index (χ4n) is 4.82. The standard InChI is InChI=1S/C24H33F3N2O4/c1-15(28-19-12-16(20(30)32-5)6-7-18(19)24(25,26)27)17-13-23(14-17)8-10-29(11-9-23)21(31)33-22(2,3)4/h6-7,12,15,17,28H,8-11,13-14H2,1-5H3/t15-/m0/s1. The summed E-state index contributed by atoms with van der Waals surface area (Å²) in [4.78, 5) is 25.8. The molecule has 1 atom stereocenters. The van der Waals surface area contributed by atoms with Crippen molar-refractivity contribution < 1.29 is 32.2 Å². The molecule has 0 unspecified atom stereocenters. The number of hydrogen-bond donors (Lipinski definition) is 1. The number of methoxy groups -OCH3 is 1. The molecule has 1 saturated heterocycles. The minimum Gasteiger partial charge on any atom is -0.465 e. The molecule has 6 nitrogen and oxygen atoms in total. The van der Waals surface area contributed by atoms with E-state index in [-0.39, 0.29) is 34.7 Å². The number of likely N-dealkylation sites (tertiary alicyclic amines) is 1. The average molecular weight is 471 g/mol. The highest BCUT2D eigenvalue weighted by molar-refractivity contribution is 5.90. The van der Waals surface area contributed by atoms with Gasteiger partial charge in [0.25, 0.3) is 0 Å². The first-order valence-electron chi connectivity index (χ1n) is 11.3. The molecule has 1 aromatic rings. The van der Waals surface area contributed by atoms with Crippen molar-refractivity contribution >= 4 is 17.7 Å². The van der Waals surface area contributed by atoms with Gasteiger partial charge in [0.2, 0.25) is 0 Å². The summed E-state index contributed by atoms with van der Waals surface area (Å²) < 4.78 is 50.6. The van der Waals surface area contributed by atoms with Crippen LogP contribution in [0.1, 0.15) is 69.3 Å². The molecule has 0 aromatic heterocycles. The Morgan fingerprint density at radius 1 is 1.15 bits per heavy atom. The van der Waals surface area contributed by atoms with E-state index in [1.165, 1.54) is 13.2 Å². The molecule has 1 aliphatic carbocycles. The number of alkyl halides is 3. The van der Waals surface area contributed by atoms with Crippen LogP contribution in [0.4, 0.5) is 23.7 Å². The number of hydrogen-bond acceptors (Lipinski definition) is 5. The minimum atomic E-state index is -4.54. The summed E-state index contributed by atoms with van der Waals surface area (Å²) in [7, 11) is 1.19. The SMILES string of the molecule is COC(=O)c1ccc(C(F)(F)F)c(N[C@@H](C)C2CC3(CCN(C(=O)OC(C)(C)C)CC3)C2)c1. The molecular formula is C24H33F3N2O4. The fourth-order valence-corrected chi connectivity index (χ4v) is 4.82. The van der Waals surface area contributed by atoms with Gasteiger partial charge in [-0.3, -0.25) is 0 Å². The third kappa shape index (κ3) is 5.92. The topological polar surface area (TPSA) is 67.9 Å². The van der Waals surface area contributed by atoms with Crippen LogP contribution in [0.5, 0.6) is 0 Å². The molecule has 0 bridgehead atoms. The van der Waals surface area contributed by atoms with Crippen LogP contribution >= 0.6 is 0 Å².